The molecule has 2 nitrogen and oxygen atoms in total. The number of aryl methyl sites for hydroxylation is 1. The first-order valence-electron chi connectivity index (χ1n) is 4.13. The SMILES string of the molecule is C=Cc1c(C)ncn1C(C)(C)C. The molecule has 0 atom stereocenters. The fourth-order valence-corrected chi connectivity index (χ4v) is 1.23. The second-order valence-electron chi connectivity index (χ2n) is 3.96. The summed E-state index contributed by atoms with van der Waals surface area (Å²) in [6, 6.07) is 0. The molecule has 2 heteroatoms. The molecule has 0 aliphatic heterocycles. The number of aromatic nitrogens is 2. The molecule has 0 N–H and O–H groups in total. The molecule has 1 aromatic heterocycles. The largest absolute Gasteiger partial charge is 0.326 e. The number of rotatable bonds is 1. The van der Waals surface area contributed by atoms with E-state index in [1.54, 1.807) is 0 Å². The van der Waals surface area contributed by atoms with Crippen molar-refractivity contribution in [3.05, 3.63) is 24.3 Å². The summed E-state index contributed by atoms with van der Waals surface area (Å²) in [5.74, 6) is 0. The van der Waals surface area contributed by atoms with Crippen molar-refractivity contribution in [2.75, 3.05) is 0 Å². The average molecular weight is 164 g/mol. The Labute approximate surface area is 73.9 Å². The summed E-state index contributed by atoms with van der Waals surface area (Å²) in [5.41, 5.74) is 2.24. The topological polar surface area (TPSA) is 17.8 Å². The second kappa shape index (κ2) is 2.77. The minimum absolute atomic E-state index is 0.0881. The highest BCUT2D eigenvalue weighted by Crippen LogP contribution is 2.19. The van der Waals surface area contributed by atoms with Crippen molar-refractivity contribution in [2.45, 2.75) is 33.2 Å². The molecular formula is C10H16N2. The van der Waals surface area contributed by atoms with Crippen LogP contribution in [0.25, 0.3) is 6.08 Å². The minimum atomic E-state index is 0.0881. The third-order valence-corrected chi connectivity index (χ3v) is 1.91. The molecule has 0 unspecified atom stereocenters. The molecule has 0 fully saturated rings. The Morgan fingerprint density at radius 1 is 1.50 bits per heavy atom. The molecular weight excluding hydrogens is 148 g/mol. The fraction of sp³-hybridized carbons (Fsp3) is 0.500. The zero-order chi connectivity index (χ0) is 9.35. The average Bonchev–Trinajstić information content (AvgIpc) is 2.29. The summed E-state index contributed by atoms with van der Waals surface area (Å²) in [6.45, 7) is 12.2. The van der Waals surface area contributed by atoms with Crippen LogP contribution in [0.4, 0.5) is 0 Å². The smallest absolute Gasteiger partial charge is 0.0959 e. The van der Waals surface area contributed by atoms with E-state index in [1.807, 2.05) is 19.3 Å². The predicted molar refractivity (Wildman–Crippen MR) is 52.1 cm³/mol. The van der Waals surface area contributed by atoms with Gasteiger partial charge in [-0.25, -0.2) is 4.98 Å². The van der Waals surface area contributed by atoms with Gasteiger partial charge in [-0.3, -0.25) is 0 Å². The summed E-state index contributed by atoms with van der Waals surface area (Å²) < 4.78 is 2.13. The van der Waals surface area contributed by atoms with Crippen molar-refractivity contribution < 1.29 is 0 Å². The maximum Gasteiger partial charge on any atom is 0.0959 e. The Morgan fingerprint density at radius 3 is 2.42 bits per heavy atom. The number of hydrogen-bond acceptors (Lipinski definition) is 1. The molecule has 0 spiro atoms. The van der Waals surface area contributed by atoms with E-state index in [0.717, 1.165) is 11.4 Å². The zero-order valence-corrected chi connectivity index (χ0v) is 8.26. The van der Waals surface area contributed by atoms with Gasteiger partial charge in [-0.05, 0) is 33.8 Å². The van der Waals surface area contributed by atoms with Gasteiger partial charge in [0.15, 0.2) is 0 Å². The molecule has 0 bridgehead atoms. The minimum Gasteiger partial charge on any atom is -0.326 e. The third kappa shape index (κ3) is 1.42. The summed E-state index contributed by atoms with van der Waals surface area (Å²) >= 11 is 0. The Kier molecular flexibility index (Phi) is 2.09. The maximum atomic E-state index is 4.25. The Bertz CT molecular complexity index is 289. The molecule has 0 amide bonds. The Hall–Kier alpha value is -1.05. The van der Waals surface area contributed by atoms with Crippen molar-refractivity contribution in [1.29, 1.82) is 0 Å². The van der Waals surface area contributed by atoms with Crippen molar-refractivity contribution in [1.82, 2.24) is 9.55 Å². The van der Waals surface area contributed by atoms with Gasteiger partial charge in [-0.15, -0.1) is 0 Å². The van der Waals surface area contributed by atoms with Crippen LogP contribution in [0.15, 0.2) is 12.9 Å². The van der Waals surface area contributed by atoms with Crippen LogP contribution in [0.5, 0.6) is 0 Å². The van der Waals surface area contributed by atoms with Gasteiger partial charge >= 0.3 is 0 Å². The van der Waals surface area contributed by atoms with Gasteiger partial charge in [0, 0.05) is 5.54 Å². The lowest BCUT2D eigenvalue weighted by molar-refractivity contribution is 0.394. The lowest BCUT2D eigenvalue weighted by Crippen LogP contribution is -2.22. The first kappa shape index (κ1) is 9.04. The summed E-state index contributed by atoms with van der Waals surface area (Å²) in [5, 5.41) is 0. The van der Waals surface area contributed by atoms with E-state index in [0.29, 0.717) is 0 Å². The van der Waals surface area contributed by atoms with E-state index >= 15 is 0 Å². The molecule has 1 heterocycles. The highest BCUT2D eigenvalue weighted by atomic mass is 15.1. The molecule has 0 aromatic carbocycles. The van der Waals surface area contributed by atoms with Crippen molar-refractivity contribution in [2.24, 2.45) is 0 Å². The van der Waals surface area contributed by atoms with Crippen LogP contribution in [0.3, 0.4) is 0 Å². The molecule has 1 rings (SSSR count). The van der Waals surface area contributed by atoms with E-state index in [-0.39, 0.29) is 5.54 Å². The van der Waals surface area contributed by atoms with Crippen LogP contribution < -0.4 is 0 Å². The van der Waals surface area contributed by atoms with Gasteiger partial charge in [-0.2, -0.15) is 0 Å². The Balaban J connectivity index is 3.25. The van der Waals surface area contributed by atoms with Crippen molar-refractivity contribution >= 4 is 6.08 Å². The molecule has 0 saturated carbocycles. The van der Waals surface area contributed by atoms with Crippen LogP contribution >= 0.6 is 0 Å². The van der Waals surface area contributed by atoms with Crippen molar-refractivity contribution in [3.63, 3.8) is 0 Å². The highest BCUT2D eigenvalue weighted by Gasteiger charge is 2.16. The number of imidazole rings is 1. The molecule has 0 saturated heterocycles. The second-order valence-corrected chi connectivity index (χ2v) is 3.96. The van der Waals surface area contributed by atoms with E-state index in [2.05, 4.69) is 36.9 Å². The first-order valence-corrected chi connectivity index (χ1v) is 4.13. The zero-order valence-electron chi connectivity index (χ0n) is 8.26. The summed E-state index contributed by atoms with van der Waals surface area (Å²) in [6.07, 6.45) is 3.72. The lowest BCUT2D eigenvalue weighted by atomic mass is 10.1. The van der Waals surface area contributed by atoms with E-state index in [9.17, 15) is 0 Å². The van der Waals surface area contributed by atoms with Crippen LogP contribution in [0.2, 0.25) is 0 Å². The van der Waals surface area contributed by atoms with Crippen LogP contribution in [-0.2, 0) is 5.54 Å². The van der Waals surface area contributed by atoms with Gasteiger partial charge in [0.05, 0.1) is 17.7 Å². The van der Waals surface area contributed by atoms with Gasteiger partial charge in [0.25, 0.3) is 0 Å². The van der Waals surface area contributed by atoms with E-state index in [1.165, 1.54) is 0 Å². The maximum absolute atomic E-state index is 4.25. The van der Waals surface area contributed by atoms with Crippen LogP contribution in [0.1, 0.15) is 32.2 Å². The molecule has 12 heavy (non-hydrogen) atoms. The fourth-order valence-electron chi connectivity index (χ4n) is 1.23. The standard InChI is InChI=1S/C10H16N2/c1-6-9-8(2)11-7-12(9)10(3,4)5/h6-7H,1H2,2-5H3. The monoisotopic (exact) mass is 164 g/mol. The quantitative estimate of drug-likeness (QED) is 0.623. The van der Waals surface area contributed by atoms with Gasteiger partial charge in [0.2, 0.25) is 0 Å². The molecule has 0 aliphatic rings. The van der Waals surface area contributed by atoms with Gasteiger partial charge in [-0.1, -0.05) is 6.58 Å². The van der Waals surface area contributed by atoms with E-state index in [4.69, 9.17) is 0 Å². The normalized spacial score (nSPS) is 11.7. The van der Waals surface area contributed by atoms with Gasteiger partial charge < -0.3 is 4.57 Å². The highest BCUT2D eigenvalue weighted by molar-refractivity contribution is 5.45. The van der Waals surface area contributed by atoms with Crippen LogP contribution in [0, 0.1) is 6.92 Å². The number of hydrogen-bond donors (Lipinski definition) is 0. The lowest BCUT2D eigenvalue weighted by Gasteiger charge is -2.22. The molecule has 0 aliphatic carbocycles. The third-order valence-electron chi connectivity index (χ3n) is 1.91. The molecule has 1 aromatic rings. The first-order chi connectivity index (χ1) is 5.46. The van der Waals surface area contributed by atoms with Crippen LogP contribution in [-0.4, -0.2) is 9.55 Å². The summed E-state index contributed by atoms with van der Waals surface area (Å²) in [7, 11) is 0. The van der Waals surface area contributed by atoms with Gasteiger partial charge in [0.1, 0.15) is 0 Å². The van der Waals surface area contributed by atoms with E-state index < -0.39 is 0 Å². The molecule has 66 valence electrons. The Morgan fingerprint density at radius 2 is 2.08 bits per heavy atom. The van der Waals surface area contributed by atoms with Crippen molar-refractivity contribution in [3.8, 4) is 0 Å². The predicted octanol–water partition coefficient (Wildman–Crippen LogP) is 2.59. The molecule has 0 radical (unpaired) electrons. The number of nitrogens with zero attached hydrogens (tertiary/aromatic N) is 2. The summed E-state index contributed by atoms with van der Waals surface area (Å²) in [4.78, 5) is 4.25.